The maximum absolute atomic E-state index is 12.9. The molecule has 0 saturated heterocycles. The Bertz CT molecular complexity index is 1300. The maximum atomic E-state index is 12.9. The minimum Gasteiger partial charge on any atom is -0.456 e. The van der Waals surface area contributed by atoms with E-state index in [4.69, 9.17) is 9.15 Å². The van der Waals surface area contributed by atoms with E-state index in [1.807, 2.05) is 72.8 Å². The Hall–Kier alpha value is -2.63. The van der Waals surface area contributed by atoms with Crippen LogP contribution in [0.15, 0.2) is 97.0 Å². The predicted octanol–water partition coefficient (Wildman–Crippen LogP) is 6.88. The first-order valence-electron chi connectivity index (χ1n) is 9.07. The van der Waals surface area contributed by atoms with Crippen molar-refractivity contribution in [3.8, 4) is 5.75 Å². The van der Waals surface area contributed by atoms with E-state index in [1.54, 1.807) is 6.07 Å². The van der Waals surface area contributed by atoms with Gasteiger partial charge < -0.3 is 9.15 Å². The molecule has 5 rings (SSSR count). The van der Waals surface area contributed by atoms with Gasteiger partial charge in [-0.15, -0.1) is 0 Å². The third-order valence-corrected chi connectivity index (χ3v) is 6.06. The lowest BCUT2D eigenvalue weighted by Crippen LogP contribution is -2.19. The van der Waals surface area contributed by atoms with Crippen LogP contribution in [-0.4, -0.2) is 0 Å². The number of allylic oxidation sites excluding steroid dienone is 1. The van der Waals surface area contributed by atoms with Gasteiger partial charge in [0, 0.05) is 20.4 Å². The smallest absolute Gasteiger partial charge is 0.344 e. The van der Waals surface area contributed by atoms with Gasteiger partial charge in [-0.1, -0.05) is 68.3 Å². The van der Waals surface area contributed by atoms with Gasteiger partial charge in [0.2, 0.25) is 0 Å². The number of hydrogen-bond donors (Lipinski definition) is 0. The molecule has 1 unspecified atom stereocenters. The fraction of sp³-hybridized carbons (Fsp3) is 0.0417. The largest absolute Gasteiger partial charge is 0.456 e. The van der Waals surface area contributed by atoms with Crippen LogP contribution in [0.2, 0.25) is 0 Å². The molecular weight excluding hydrogens is 496 g/mol. The predicted molar refractivity (Wildman–Crippen MR) is 121 cm³/mol. The van der Waals surface area contributed by atoms with E-state index < -0.39 is 0 Å². The highest BCUT2D eigenvalue weighted by Crippen LogP contribution is 2.43. The van der Waals surface area contributed by atoms with Crippen LogP contribution in [0.25, 0.3) is 16.7 Å². The Morgan fingerprint density at radius 3 is 2.17 bits per heavy atom. The van der Waals surface area contributed by atoms with Crippen molar-refractivity contribution in [1.82, 2.24) is 0 Å². The van der Waals surface area contributed by atoms with Crippen LogP contribution in [0.5, 0.6) is 5.75 Å². The zero-order chi connectivity index (χ0) is 20.0. The fourth-order valence-corrected chi connectivity index (χ4v) is 4.12. The summed E-state index contributed by atoms with van der Waals surface area (Å²) >= 11 is 6.95. The summed E-state index contributed by atoms with van der Waals surface area (Å²) in [7, 11) is 0. The van der Waals surface area contributed by atoms with Gasteiger partial charge >= 0.3 is 5.63 Å². The summed E-state index contributed by atoms with van der Waals surface area (Å²) in [5.74, 6) is 1.00. The number of ether oxygens (including phenoxy) is 1. The number of halogens is 2. The van der Waals surface area contributed by atoms with Gasteiger partial charge in [0.05, 0.1) is 10.9 Å². The molecule has 2 heterocycles. The van der Waals surface area contributed by atoms with Crippen LogP contribution >= 0.6 is 31.9 Å². The van der Waals surface area contributed by atoms with E-state index in [2.05, 4.69) is 31.9 Å². The Morgan fingerprint density at radius 1 is 0.793 bits per heavy atom. The lowest BCUT2D eigenvalue weighted by molar-refractivity contribution is 0.472. The lowest BCUT2D eigenvalue weighted by atomic mass is 9.88. The standard InChI is InChI=1S/C24H14Br2O3/c25-16-9-5-14(6-10-16)19-13-21(15-7-11-17(26)12-8-15)28-23-18-3-1-2-4-20(18)29-24(27)22(19)23/h1-13,19H. The van der Waals surface area contributed by atoms with Crippen LogP contribution in [0.4, 0.5) is 0 Å². The van der Waals surface area contributed by atoms with E-state index in [0.717, 1.165) is 25.5 Å². The summed E-state index contributed by atoms with van der Waals surface area (Å²) in [4.78, 5) is 12.9. The van der Waals surface area contributed by atoms with Gasteiger partial charge in [0.25, 0.3) is 0 Å². The zero-order valence-corrected chi connectivity index (χ0v) is 18.2. The van der Waals surface area contributed by atoms with Crippen molar-refractivity contribution in [3.05, 3.63) is 115 Å². The van der Waals surface area contributed by atoms with Gasteiger partial charge in [-0.25, -0.2) is 4.79 Å². The molecule has 0 N–H and O–H groups in total. The molecule has 0 fully saturated rings. The number of rotatable bonds is 2. The monoisotopic (exact) mass is 508 g/mol. The minimum atomic E-state index is -0.377. The normalized spacial score (nSPS) is 15.5. The van der Waals surface area contributed by atoms with Crippen LogP contribution < -0.4 is 10.4 Å². The molecule has 1 aromatic heterocycles. The Kier molecular flexibility index (Phi) is 4.64. The van der Waals surface area contributed by atoms with Crippen LogP contribution in [0, 0.1) is 0 Å². The lowest BCUT2D eigenvalue weighted by Gasteiger charge is -2.25. The van der Waals surface area contributed by atoms with Crippen LogP contribution in [0.1, 0.15) is 22.6 Å². The van der Waals surface area contributed by atoms with Crippen molar-refractivity contribution in [2.75, 3.05) is 0 Å². The first-order chi connectivity index (χ1) is 14.1. The third-order valence-electron chi connectivity index (χ3n) is 5.00. The molecule has 0 aliphatic carbocycles. The average molecular weight is 510 g/mol. The van der Waals surface area contributed by atoms with E-state index in [9.17, 15) is 4.79 Å². The molecule has 0 radical (unpaired) electrons. The fourth-order valence-electron chi connectivity index (χ4n) is 3.60. The SMILES string of the molecule is O=c1oc2ccccc2c2c1C(c1ccc(Br)cc1)C=C(c1ccc(Br)cc1)O2. The Morgan fingerprint density at radius 2 is 1.45 bits per heavy atom. The highest BCUT2D eigenvalue weighted by molar-refractivity contribution is 9.10. The van der Waals surface area contributed by atoms with Crippen molar-refractivity contribution >= 4 is 48.6 Å². The number of hydrogen-bond acceptors (Lipinski definition) is 3. The summed E-state index contributed by atoms with van der Waals surface area (Å²) in [5.41, 5.74) is 2.60. The molecule has 0 amide bonds. The number of para-hydroxylation sites is 1. The molecular formula is C24H14Br2O3. The first-order valence-corrected chi connectivity index (χ1v) is 10.7. The molecule has 0 bridgehead atoms. The number of fused-ring (bicyclic) bond motifs is 3. The molecule has 1 aliphatic heterocycles. The molecule has 5 heteroatoms. The van der Waals surface area contributed by atoms with Crippen molar-refractivity contribution in [1.29, 1.82) is 0 Å². The molecule has 29 heavy (non-hydrogen) atoms. The van der Waals surface area contributed by atoms with Gasteiger partial charge in [-0.2, -0.15) is 0 Å². The summed E-state index contributed by atoms with van der Waals surface area (Å²) in [6.45, 7) is 0. The maximum Gasteiger partial charge on any atom is 0.344 e. The highest BCUT2D eigenvalue weighted by atomic mass is 79.9. The summed E-state index contributed by atoms with van der Waals surface area (Å²) in [5, 5.41) is 0.784. The molecule has 1 atom stereocenters. The van der Waals surface area contributed by atoms with Crippen LogP contribution in [-0.2, 0) is 0 Å². The van der Waals surface area contributed by atoms with Gasteiger partial charge in [0.15, 0.2) is 0 Å². The second kappa shape index (κ2) is 7.32. The molecule has 142 valence electrons. The van der Waals surface area contributed by atoms with Crippen molar-refractivity contribution < 1.29 is 9.15 Å². The quantitative estimate of drug-likeness (QED) is 0.276. The van der Waals surface area contributed by atoms with E-state index >= 15 is 0 Å². The van der Waals surface area contributed by atoms with E-state index in [1.165, 1.54) is 0 Å². The van der Waals surface area contributed by atoms with Gasteiger partial charge in [0.1, 0.15) is 17.1 Å². The molecule has 4 aromatic rings. The molecule has 0 spiro atoms. The Balaban J connectivity index is 1.77. The van der Waals surface area contributed by atoms with Crippen molar-refractivity contribution in [3.63, 3.8) is 0 Å². The van der Waals surface area contributed by atoms with E-state index in [-0.39, 0.29) is 11.5 Å². The zero-order valence-electron chi connectivity index (χ0n) is 15.1. The summed E-state index contributed by atoms with van der Waals surface area (Å²) < 4.78 is 13.9. The third kappa shape index (κ3) is 3.34. The Labute approximate surface area is 183 Å². The summed E-state index contributed by atoms with van der Waals surface area (Å²) in [6, 6.07) is 23.4. The highest BCUT2D eigenvalue weighted by Gasteiger charge is 2.30. The summed E-state index contributed by atoms with van der Waals surface area (Å²) in [6.07, 6.45) is 1.99. The molecule has 3 nitrogen and oxygen atoms in total. The van der Waals surface area contributed by atoms with Gasteiger partial charge in [-0.3, -0.25) is 0 Å². The van der Waals surface area contributed by atoms with Crippen molar-refractivity contribution in [2.45, 2.75) is 5.92 Å². The average Bonchev–Trinajstić information content (AvgIpc) is 2.74. The first kappa shape index (κ1) is 18.4. The van der Waals surface area contributed by atoms with Gasteiger partial charge in [-0.05, 0) is 48.0 Å². The molecule has 3 aromatic carbocycles. The van der Waals surface area contributed by atoms with Crippen molar-refractivity contribution in [2.24, 2.45) is 0 Å². The minimum absolute atomic E-state index is 0.272. The van der Waals surface area contributed by atoms with Crippen LogP contribution in [0.3, 0.4) is 0 Å². The molecule has 1 aliphatic rings. The van der Waals surface area contributed by atoms with E-state index in [0.29, 0.717) is 22.7 Å². The second-order valence-corrected chi connectivity index (χ2v) is 8.63. The topological polar surface area (TPSA) is 39.4 Å². The number of benzene rings is 3. The molecule has 0 saturated carbocycles. The second-order valence-electron chi connectivity index (χ2n) is 6.80.